The summed E-state index contributed by atoms with van der Waals surface area (Å²) in [6.07, 6.45) is 0.424. The van der Waals surface area contributed by atoms with Crippen molar-refractivity contribution in [2.45, 2.75) is 30.9 Å². The van der Waals surface area contributed by atoms with Gasteiger partial charge in [-0.05, 0) is 18.6 Å². The zero-order valence-corrected chi connectivity index (χ0v) is 12.5. The third kappa shape index (κ3) is 2.07. The van der Waals surface area contributed by atoms with Gasteiger partial charge in [0.1, 0.15) is 11.9 Å². The van der Waals surface area contributed by atoms with E-state index in [2.05, 4.69) is 0 Å². The summed E-state index contributed by atoms with van der Waals surface area (Å²) in [5.41, 5.74) is 0.860. The van der Waals surface area contributed by atoms with Gasteiger partial charge in [-0.25, -0.2) is 0 Å². The minimum Gasteiger partial charge on any atom is -0.496 e. The number of nitrogens with zero attached hydrogens (tertiary/aromatic N) is 1. The molecule has 2 fully saturated rings. The Hall–Kier alpha value is -0.970. The van der Waals surface area contributed by atoms with Gasteiger partial charge in [0.15, 0.2) is 0 Å². The molecule has 0 aliphatic carbocycles. The Morgan fingerprint density at radius 3 is 2.75 bits per heavy atom. The molecule has 6 heteroatoms. The van der Waals surface area contributed by atoms with Crippen LogP contribution in [0.4, 0.5) is 0 Å². The van der Waals surface area contributed by atoms with E-state index in [0.29, 0.717) is 28.8 Å². The van der Waals surface area contributed by atoms with Gasteiger partial charge in [-0.1, -0.05) is 23.2 Å². The molecule has 0 radical (unpaired) electrons. The molecular formula is C14H15Cl2NO3. The molecule has 1 aromatic rings. The van der Waals surface area contributed by atoms with Crippen LogP contribution < -0.4 is 4.74 Å². The van der Waals surface area contributed by atoms with E-state index in [1.54, 1.807) is 24.1 Å². The van der Waals surface area contributed by atoms with E-state index in [1.165, 1.54) is 0 Å². The Balaban J connectivity index is 1.93. The number of benzene rings is 1. The van der Waals surface area contributed by atoms with Crippen molar-refractivity contribution in [3.8, 4) is 5.75 Å². The number of aliphatic hydroxyl groups excluding tert-OH is 1. The molecule has 2 saturated heterocycles. The van der Waals surface area contributed by atoms with Gasteiger partial charge in [0.25, 0.3) is 5.91 Å². The van der Waals surface area contributed by atoms with Gasteiger partial charge >= 0.3 is 0 Å². The van der Waals surface area contributed by atoms with Crippen LogP contribution in [0.3, 0.4) is 0 Å². The summed E-state index contributed by atoms with van der Waals surface area (Å²) < 4.78 is 5.37. The molecule has 3 rings (SSSR count). The van der Waals surface area contributed by atoms with Crippen LogP contribution in [0.25, 0.3) is 0 Å². The van der Waals surface area contributed by atoms with Crippen molar-refractivity contribution in [3.05, 3.63) is 27.7 Å². The predicted molar refractivity (Wildman–Crippen MR) is 76.5 cm³/mol. The number of carbonyl (C=O) groups is 1. The maximum atomic E-state index is 11.9. The van der Waals surface area contributed by atoms with E-state index < -0.39 is 6.10 Å². The smallest absolute Gasteiger partial charge is 0.251 e. The highest BCUT2D eigenvalue weighted by Crippen LogP contribution is 2.45. The Morgan fingerprint density at radius 2 is 2.10 bits per heavy atom. The summed E-state index contributed by atoms with van der Waals surface area (Å²) in [6.45, 7) is 0.553. The minimum absolute atomic E-state index is 0.0854. The first-order valence-electron chi connectivity index (χ1n) is 6.53. The number of rotatable bonds is 2. The zero-order chi connectivity index (χ0) is 14.4. The van der Waals surface area contributed by atoms with Crippen LogP contribution in [0.1, 0.15) is 24.3 Å². The molecule has 0 saturated carbocycles. The highest BCUT2D eigenvalue weighted by Gasteiger charge is 2.46. The van der Waals surface area contributed by atoms with Crippen LogP contribution in [0, 0.1) is 0 Å². The quantitative estimate of drug-likeness (QED) is 0.912. The van der Waals surface area contributed by atoms with Gasteiger partial charge in [0.05, 0.1) is 17.2 Å². The monoisotopic (exact) mass is 315 g/mol. The molecule has 0 bridgehead atoms. The minimum atomic E-state index is -0.849. The van der Waals surface area contributed by atoms with Crippen molar-refractivity contribution in [3.63, 3.8) is 0 Å². The molecule has 0 aromatic heterocycles. The van der Waals surface area contributed by atoms with Gasteiger partial charge in [0, 0.05) is 30.5 Å². The van der Waals surface area contributed by atoms with E-state index in [4.69, 9.17) is 27.9 Å². The first-order valence-corrected chi connectivity index (χ1v) is 7.29. The summed E-state index contributed by atoms with van der Waals surface area (Å²) in [6, 6.07) is 3.59. The van der Waals surface area contributed by atoms with Crippen molar-refractivity contribution in [1.82, 2.24) is 4.90 Å². The third-order valence-electron chi connectivity index (χ3n) is 4.20. The lowest BCUT2D eigenvalue weighted by molar-refractivity contribution is -0.134. The van der Waals surface area contributed by atoms with E-state index >= 15 is 0 Å². The number of aliphatic hydroxyl groups is 1. The number of ether oxygens (including phenoxy) is 1. The number of halogens is 2. The highest BCUT2D eigenvalue weighted by atomic mass is 35.5. The summed E-state index contributed by atoms with van der Waals surface area (Å²) in [5, 5.41) is 10.6. The number of methoxy groups -OCH3 is 1. The second-order valence-corrected chi connectivity index (χ2v) is 6.09. The first kappa shape index (κ1) is 14.0. The first-order chi connectivity index (χ1) is 9.52. The van der Waals surface area contributed by atoms with E-state index in [0.717, 1.165) is 12.0 Å². The lowest BCUT2D eigenvalue weighted by atomic mass is 9.94. The number of hydrogen-bond donors (Lipinski definition) is 1. The standard InChI is InChI=1S/C14H15Cl2NO3/c1-20-11-3-2-9(15)13(16)12(11)7-4-8-5-10(18)14(19)17(8)6-7/h2-3,7-8,10,18H,4-6H2,1H3/t7-,8?,10?/m0/s1. The molecule has 1 N–H and O–H groups in total. The van der Waals surface area contributed by atoms with Crippen LogP contribution in [-0.4, -0.2) is 41.7 Å². The average molecular weight is 316 g/mol. The van der Waals surface area contributed by atoms with Gasteiger partial charge < -0.3 is 14.7 Å². The van der Waals surface area contributed by atoms with Crippen molar-refractivity contribution in [1.29, 1.82) is 0 Å². The van der Waals surface area contributed by atoms with Crippen molar-refractivity contribution < 1.29 is 14.6 Å². The normalized spacial score (nSPS) is 28.9. The number of fused-ring (bicyclic) bond motifs is 1. The summed E-state index contributed by atoms with van der Waals surface area (Å²) >= 11 is 12.4. The molecule has 1 amide bonds. The fourth-order valence-corrected chi connectivity index (χ4v) is 3.75. The second-order valence-electron chi connectivity index (χ2n) is 5.31. The number of amides is 1. The van der Waals surface area contributed by atoms with Crippen LogP contribution in [-0.2, 0) is 4.79 Å². The maximum absolute atomic E-state index is 11.9. The van der Waals surface area contributed by atoms with Crippen molar-refractivity contribution in [2.24, 2.45) is 0 Å². The lowest BCUT2D eigenvalue weighted by Gasteiger charge is -2.18. The molecule has 0 spiro atoms. The third-order valence-corrected chi connectivity index (χ3v) is 5.02. The lowest BCUT2D eigenvalue weighted by Crippen LogP contribution is -2.30. The van der Waals surface area contributed by atoms with Crippen LogP contribution >= 0.6 is 23.2 Å². The average Bonchev–Trinajstić information content (AvgIpc) is 2.93. The summed E-state index contributed by atoms with van der Waals surface area (Å²) in [7, 11) is 1.59. The maximum Gasteiger partial charge on any atom is 0.251 e. The van der Waals surface area contributed by atoms with Gasteiger partial charge in [0.2, 0.25) is 0 Å². The molecule has 3 atom stereocenters. The number of carbonyl (C=O) groups excluding carboxylic acids is 1. The number of hydrogen-bond acceptors (Lipinski definition) is 3. The Morgan fingerprint density at radius 1 is 1.35 bits per heavy atom. The molecule has 1 aromatic carbocycles. The van der Waals surface area contributed by atoms with Crippen LogP contribution in [0.5, 0.6) is 5.75 Å². The Bertz CT molecular complexity index is 564. The zero-order valence-electron chi connectivity index (χ0n) is 11.0. The topological polar surface area (TPSA) is 49.8 Å². The molecule has 2 aliphatic rings. The molecule has 2 aliphatic heterocycles. The van der Waals surface area contributed by atoms with Gasteiger partial charge in [-0.2, -0.15) is 0 Å². The van der Waals surface area contributed by atoms with E-state index in [9.17, 15) is 9.90 Å². The van der Waals surface area contributed by atoms with Gasteiger partial charge in [-0.15, -0.1) is 0 Å². The fourth-order valence-electron chi connectivity index (χ4n) is 3.28. The molecule has 20 heavy (non-hydrogen) atoms. The van der Waals surface area contributed by atoms with Gasteiger partial charge in [-0.3, -0.25) is 4.79 Å². The Labute approximate surface area is 127 Å². The largest absolute Gasteiger partial charge is 0.496 e. The molecule has 108 valence electrons. The summed E-state index contributed by atoms with van der Waals surface area (Å²) in [5.74, 6) is 0.603. The van der Waals surface area contributed by atoms with E-state index in [1.807, 2.05) is 0 Å². The molecule has 2 heterocycles. The second kappa shape index (κ2) is 5.10. The van der Waals surface area contributed by atoms with Crippen LogP contribution in [0.15, 0.2) is 12.1 Å². The van der Waals surface area contributed by atoms with E-state index in [-0.39, 0.29) is 17.9 Å². The van der Waals surface area contributed by atoms with Crippen LogP contribution in [0.2, 0.25) is 10.0 Å². The fraction of sp³-hybridized carbons (Fsp3) is 0.500. The highest BCUT2D eigenvalue weighted by molar-refractivity contribution is 6.42. The van der Waals surface area contributed by atoms with Crippen molar-refractivity contribution >= 4 is 29.1 Å². The molecule has 4 nitrogen and oxygen atoms in total. The Kier molecular flexibility index (Phi) is 3.56. The SMILES string of the molecule is COc1ccc(Cl)c(Cl)c1[C@H]1CC2CC(O)C(=O)N2C1. The molecule has 2 unspecified atom stereocenters. The predicted octanol–water partition coefficient (Wildman–Crippen LogP) is 2.45. The summed E-state index contributed by atoms with van der Waals surface area (Å²) in [4.78, 5) is 13.6. The molecular weight excluding hydrogens is 301 g/mol. The van der Waals surface area contributed by atoms with Crippen molar-refractivity contribution in [2.75, 3.05) is 13.7 Å².